The van der Waals surface area contributed by atoms with Crippen LogP contribution in [-0.4, -0.2) is 16.0 Å². The Hall–Kier alpha value is -2.85. The number of anilines is 1. The van der Waals surface area contributed by atoms with E-state index in [4.69, 9.17) is 11.6 Å². The molecule has 0 unspecified atom stereocenters. The maximum atomic E-state index is 13.0. The Labute approximate surface area is 145 Å². The van der Waals surface area contributed by atoms with E-state index in [1.165, 1.54) is 4.90 Å². The summed E-state index contributed by atoms with van der Waals surface area (Å²) in [4.78, 5) is 18.7. The molecule has 0 bridgehead atoms. The summed E-state index contributed by atoms with van der Waals surface area (Å²) in [6.07, 6.45) is 1.67. The molecular weight excluding hydrogens is 324 g/mol. The van der Waals surface area contributed by atoms with Gasteiger partial charge in [-0.25, -0.2) is 0 Å². The molecule has 4 nitrogen and oxygen atoms in total. The molecule has 0 aliphatic heterocycles. The minimum atomic E-state index is -0.237. The van der Waals surface area contributed by atoms with Gasteiger partial charge in [0.25, 0.3) is 5.91 Å². The second-order valence-electron chi connectivity index (χ2n) is 5.21. The summed E-state index contributed by atoms with van der Waals surface area (Å²) >= 11 is 5.89. The average molecular weight is 339 g/mol. The molecule has 3 aromatic rings. The number of pyridine rings is 1. The van der Waals surface area contributed by atoms with Crippen LogP contribution in [-0.2, 0) is 6.54 Å². The summed E-state index contributed by atoms with van der Waals surface area (Å²) in [5.41, 5.74) is 1.64. The van der Waals surface area contributed by atoms with Gasteiger partial charge in [-0.15, -0.1) is 0 Å². The smallest absolute Gasteiger partial charge is 0.258 e. The topological polar surface area (TPSA) is 53.4 Å². The maximum Gasteiger partial charge on any atom is 0.258 e. The van der Waals surface area contributed by atoms with E-state index in [-0.39, 0.29) is 18.2 Å². The van der Waals surface area contributed by atoms with E-state index in [2.05, 4.69) is 4.98 Å². The fourth-order valence-electron chi connectivity index (χ4n) is 2.36. The van der Waals surface area contributed by atoms with Crippen molar-refractivity contribution in [3.8, 4) is 5.75 Å². The van der Waals surface area contributed by atoms with Crippen LogP contribution < -0.4 is 4.90 Å². The predicted molar refractivity (Wildman–Crippen MR) is 94.3 cm³/mol. The van der Waals surface area contributed by atoms with E-state index in [9.17, 15) is 9.90 Å². The van der Waals surface area contributed by atoms with Crippen LogP contribution in [0.3, 0.4) is 0 Å². The van der Waals surface area contributed by atoms with Crippen LogP contribution in [0.15, 0.2) is 72.9 Å². The number of carbonyl (C=O) groups is 1. The number of hydrogen-bond donors (Lipinski definition) is 1. The van der Waals surface area contributed by atoms with Crippen molar-refractivity contribution < 1.29 is 9.90 Å². The van der Waals surface area contributed by atoms with Gasteiger partial charge in [0.15, 0.2) is 0 Å². The molecule has 24 heavy (non-hydrogen) atoms. The number of carbonyl (C=O) groups excluding carboxylic acids is 1. The molecule has 120 valence electrons. The van der Waals surface area contributed by atoms with Crippen molar-refractivity contribution in [1.29, 1.82) is 0 Å². The molecule has 5 heteroatoms. The largest absolute Gasteiger partial charge is 0.506 e. The van der Waals surface area contributed by atoms with Crippen LogP contribution in [0.25, 0.3) is 0 Å². The zero-order chi connectivity index (χ0) is 16.9. The molecule has 0 spiro atoms. The van der Waals surface area contributed by atoms with Crippen molar-refractivity contribution in [2.24, 2.45) is 0 Å². The first-order chi connectivity index (χ1) is 11.6. The Balaban J connectivity index is 2.00. The lowest BCUT2D eigenvalue weighted by Gasteiger charge is -2.23. The predicted octanol–water partition coefficient (Wildman–Crippen LogP) is 4.29. The van der Waals surface area contributed by atoms with Crippen molar-refractivity contribution in [3.63, 3.8) is 0 Å². The number of phenols is 1. The average Bonchev–Trinajstić information content (AvgIpc) is 2.61. The van der Waals surface area contributed by atoms with Crippen LogP contribution in [0.2, 0.25) is 5.02 Å². The molecule has 2 aromatic carbocycles. The van der Waals surface area contributed by atoms with E-state index in [1.54, 1.807) is 54.7 Å². The van der Waals surface area contributed by atoms with Crippen LogP contribution in [0, 0.1) is 0 Å². The van der Waals surface area contributed by atoms with Gasteiger partial charge < -0.3 is 5.11 Å². The van der Waals surface area contributed by atoms with Gasteiger partial charge in [0.05, 0.1) is 17.9 Å². The Morgan fingerprint density at radius 1 is 1.00 bits per heavy atom. The lowest BCUT2D eigenvalue weighted by atomic mass is 10.1. The highest BCUT2D eigenvalue weighted by molar-refractivity contribution is 6.30. The van der Waals surface area contributed by atoms with Gasteiger partial charge in [0, 0.05) is 16.8 Å². The highest BCUT2D eigenvalue weighted by atomic mass is 35.5. The van der Waals surface area contributed by atoms with Gasteiger partial charge in [-0.05, 0) is 48.5 Å². The molecule has 0 saturated carbocycles. The summed E-state index contributed by atoms with van der Waals surface area (Å²) < 4.78 is 0. The number of phenolic OH excluding ortho intramolecular Hbond substituents is 1. The number of aromatic hydroxyl groups is 1. The van der Waals surface area contributed by atoms with Crippen molar-refractivity contribution >= 4 is 23.2 Å². The van der Waals surface area contributed by atoms with E-state index >= 15 is 0 Å². The first kappa shape index (κ1) is 16.0. The fourth-order valence-corrected chi connectivity index (χ4v) is 2.49. The van der Waals surface area contributed by atoms with Crippen molar-refractivity contribution in [1.82, 2.24) is 4.98 Å². The van der Waals surface area contributed by atoms with Gasteiger partial charge in [-0.1, -0.05) is 29.8 Å². The van der Waals surface area contributed by atoms with Crippen LogP contribution in [0.1, 0.15) is 16.1 Å². The summed E-state index contributed by atoms with van der Waals surface area (Å²) in [6, 6.07) is 18.9. The first-order valence-electron chi connectivity index (χ1n) is 7.40. The Bertz CT molecular complexity index is 836. The third-order valence-corrected chi connectivity index (χ3v) is 3.81. The number of amides is 1. The molecule has 0 fully saturated rings. The minimum absolute atomic E-state index is 0.0377. The third-order valence-electron chi connectivity index (χ3n) is 3.56. The number of halogens is 1. The van der Waals surface area contributed by atoms with Crippen LogP contribution >= 0.6 is 11.6 Å². The molecule has 1 aromatic heterocycles. The zero-order valence-corrected chi connectivity index (χ0v) is 13.5. The minimum Gasteiger partial charge on any atom is -0.506 e. The highest BCUT2D eigenvalue weighted by Gasteiger charge is 2.21. The number of para-hydroxylation sites is 2. The first-order valence-corrected chi connectivity index (χ1v) is 7.78. The fraction of sp³-hybridized carbons (Fsp3) is 0.0526. The van der Waals surface area contributed by atoms with E-state index in [1.807, 2.05) is 18.2 Å². The lowest BCUT2D eigenvalue weighted by Crippen LogP contribution is -2.30. The molecule has 0 atom stereocenters. The molecule has 0 radical (unpaired) electrons. The van der Waals surface area contributed by atoms with Gasteiger partial charge in [0.1, 0.15) is 5.75 Å². The van der Waals surface area contributed by atoms with Crippen LogP contribution in [0.4, 0.5) is 5.69 Å². The molecule has 1 amide bonds. The van der Waals surface area contributed by atoms with E-state index in [0.717, 1.165) is 5.69 Å². The van der Waals surface area contributed by atoms with Gasteiger partial charge in [-0.2, -0.15) is 0 Å². The highest BCUT2D eigenvalue weighted by Crippen LogP contribution is 2.29. The summed E-state index contributed by atoms with van der Waals surface area (Å²) in [5, 5.41) is 10.7. The molecule has 1 N–H and O–H groups in total. The monoisotopic (exact) mass is 338 g/mol. The molecule has 0 aliphatic carbocycles. The van der Waals surface area contributed by atoms with Gasteiger partial charge in [-0.3, -0.25) is 14.7 Å². The summed E-state index contributed by atoms with van der Waals surface area (Å²) in [7, 11) is 0. The molecule has 0 saturated heterocycles. The number of nitrogens with zero attached hydrogens (tertiary/aromatic N) is 2. The Morgan fingerprint density at radius 3 is 2.38 bits per heavy atom. The quantitative estimate of drug-likeness (QED) is 0.772. The maximum absolute atomic E-state index is 13.0. The number of rotatable bonds is 4. The molecule has 1 heterocycles. The van der Waals surface area contributed by atoms with Crippen molar-refractivity contribution in [2.75, 3.05) is 4.90 Å². The van der Waals surface area contributed by atoms with Gasteiger partial charge >= 0.3 is 0 Å². The Kier molecular flexibility index (Phi) is 4.77. The Morgan fingerprint density at radius 2 is 1.71 bits per heavy atom. The standard InChI is InChI=1S/C19H15ClN2O2/c20-15-10-8-14(9-11-15)19(24)22(13-16-5-3-4-12-21-16)17-6-1-2-7-18(17)23/h1-12,23H,13H2. The number of benzene rings is 2. The van der Waals surface area contributed by atoms with Gasteiger partial charge in [0.2, 0.25) is 0 Å². The number of hydrogen-bond acceptors (Lipinski definition) is 3. The van der Waals surface area contributed by atoms with Crippen molar-refractivity contribution in [3.05, 3.63) is 89.2 Å². The van der Waals surface area contributed by atoms with Crippen LogP contribution in [0.5, 0.6) is 5.75 Å². The SMILES string of the molecule is O=C(c1ccc(Cl)cc1)N(Cc1ccccn1)c1ccccc1O. The molecular formula is C19H15ClN2O2. The zero-order valence-electron chi connectivity index (χ0n) is 12.8. The molecule has 0 aliphatic rings. The van der Waals surface area contributed by atoms with E-state index < -0.39 is 0 Å². The second kappa shape index (κ2) is 7.15. The third kappa shape index (κ3) is 3.55. The summed E-state index contributed by atoms with van der Waals surface area (Å²) in [6.45, 7) is 0.250. The normalized spacial score (nSPS) is 10.4. The van der Waals surface area contributed by atoms with E-state index in [0.29, 0.717) is 16.3 Å². The van der Waals surface area contributed by atoms with Crippen molar-refractivity contribution in [2.45, 2.75) is 6.54 Å². The number of aromatic nitrogens is 1. The second-order valence-corrected chi connectivity index (χ2v) is 5.64. The summed E-state index contributed by atoms with van der Waals surface area (Å²) in [5.74, 6) is -0.199. The lowest BCUT2D eigenvalue weighted by molar-refractivity contribution is 0.0984. The molecule has 3 rings (SSSR count).